The summed E-state index contributed by atoms with van der Waals surface area (Å²) in [6.45, 7) is 0. The molecular weight excluding hydrogens is 681 g/mol. The third-order valence-corrected chi connectivity index (χ3v) is 12.2. The van der Waals surface area contributed by atoms with Crippen molar-refractivity contribution >= 4 is 70.1 Å². The standard InChI is InChI=1S/C49H32N2S2/c1-4-11-33(12-5-1)37-15-10-16-38(31-37)34-19-24-41(25-20-34)51(40-17-8-3-9-18-40)42-26-21-35(22-27-42)39-23-29-45-43(32-39)47-46(52-45)30-28-44-48(47)53-49(50-44)36-13-6-2-7-14-36/h1-32H. The quantitative estimate of drug-likeness (QED) is 0.164. The molecule has 0 spiro atoms. The largest absolute Gasteiger partial charge is 0.311 e. The zero-order chi connectivity index (χ0) is 35.1. The second-order valence-electron chi connectivity index (χ2n) is 13.2. The molecule has 0 aliphatic rings. The number of thiazole rings is 1. The number of hydrogen-bond donors (Lipinski definition) is 0. The predicted octanol–water partition coefficient (Wildman–Crippen LogP) is 14.8. The predicted molar refractivity (Wildman–Crippen MR) is 229 cm³/mol. The van der Waals surface area contributed by atoms with E-state index in [1.807, 2.05) is 11.3 Å². The van der Waals surface area contributed by atoms with Gasteiger partial charge in [0.1, 0.15) is 5.01 Å². The fraction of sp³-hybridized carbons (Fsp3) is 0. The maximum atomic E-state index is 5.03. The van der Waals surface area contributed by atoms with Gasteiger partial charge in [-0.2, -0.15) is 0 Å². The highest BCUT2D eigenvalue weighted by molar-refractivity contribution is 7.28. The van der Waals surface area contributed by atoms with E-state index in [9.17, 15) is 0 Å². The van der Waals surface area contributed by atoms with Crippen LogP contribution >= 0.6 is 22.7 Å². The molecule has 4 heteroatoms. The van der Waals surface area contributed by atoms with E-state index in [4.69, 9.17) is 4.98 Å². The molecule has 2 nitrogen and oxygen atoms in total. The first-order valence-corrected chi connectivity index (χ1v) is 19.4. The summed E-state index contributed by atoms with van der Waals surface area (Å²) in [6.07, 6.45) is 0. The van der Waals surface area contributed by atoms with Gasteiger partial charge in [-0.05, 0) is 100 Å². The lowest BCUT2D eigenvalue weighted by molar-refractivity contribution is 1.28. The molecule has 53 heavy (non-hydrogen) atoms. The van der Waals surface area contributed by atoms with Gasteiger partial charge >= 0.3 is 0 Å². The lowest BCUT2D eigenvalue weighted by Gasteiger charge is -2.26. The zero-order valence-corrected chi connectivity index (χ0v) is 30.3. The number of para-hydroxylation sites is 1. The van der Waals surface area contributed by atoms with Gasteiger partial charge in [0, 0.05) is 42.8 Å². The van der Waals surface area contributed by atoms with E-state index in [0.717, 1.165) is 33.1 Å². The fourth-order valence-electron chi connectivity index (χ4n) is 7.27. The van der Waals surface area contributed by atoms with Gasteiger partial charge in [-0.25, -0.2) is 4.98 Å². The Labute approximate surface area is 316 Å². The molecule has 0 aliphatic carbocycles. The Morgan fingerprint density at radius 2 is 0.849 bits per heavy atom. The average Bonchev–Trinajstić information content (AvgIpc) is 3.84. The Morgan fingerprint density at radius 1 is 0.358 bits per heavy atom. The minimum absolute atomic E-state index is 1.06. The lowest BCUT2D eigenvalue weighted by atomic mass is 9.99. The van der Waals surface area contributed by atoms with Gasteiger partial charge in [0.05, 0.1) is 10.2 Å². The van der Waals surface area contributed by atoms with Gasteiger partial charge in [-0.15, -0.1) is 22.7 Å². The van der Waals surface area contributed by atoms with Gasteiger partial charge in [-0.3, -0.25) is 0 Å². The Bertz CT molecular complexity index is 2860. The molecule has 0 saturated heterocycles. The molecule has 0 atom stereocenters. The molecular formula is C49H32N2S2. The Morgan fingerprint density at radius 3 is 1.49 bits per heavy atom. The van der Waals surface area contributed by atoms with Crippen LogP contribution in [0.3, 0.4) is 0 Å². The first-order chi connectivity index (χ1) is 26.2. The highest BCUT2D eigenvalue weighted by atomic mass is 32.1. The molecule has 0 saturated carbocycles. The van der Waals surface area contributed by atoms with Crippen molar-refractivity contribution < 1.29 is 0 Å². The normalized spacial score (nSPS) is 11.4. The van der Waals surface area contributed by atoms with E-state index in [0.29, 0.717) is 0 Å². The number of hydrogen-bond acceptors (Lipinski definition) is 4. The van der Waals surface area contributed by atoms with E-state index < -0.39 is 0 Å². The van der Waals surface area contributed by atoms with E-state index in [1.165, 1.54) is 58.3 Å². The molecule has 0 radical (unpaired) electrons. The van der Waals surface area contributed by atoms with Crippen molar-refractivity contribution in [2.24, 2.45) is 0 Å². The minimum atomic E-state index is 1.06. The number of fused-ring (bicyclic) bond motifs is 5. The Kier molecular flexibility index (Phi) is 7.90. The van der Waals surface area contributed by atoms with Crippen LogP contribution in [0, 0.1) is 0 Å². The third kappa shape index (κ3) is 5.88. The summed E-state index contributed by atoms with van der Waals surface area (Å²) in [5, 5.41) is 3.67. The highest BCUT2D eigenvalue weighted by Gasteiger charge is 2.16. The van der Waals surface area contributed by atoms with Gasteiger partial charge in [0.2, 0.25) is 0 Å². The summed E-state index contributed by atoms with van der Waals surface area (Å²) >= 11 is 3.65. The molecule has 0 N–H and O–H groups in total. The van der Waals surface area contributed by atoms with E-state index >= 15 is 0 Å². The SMILES string of the molecule is c1ccc(-c2cccc(-c3ccc(N(c4ccccc4)c4ccc(-c5ccc6sc7ccc8nc(-c9ccccc9)sc8c7c6c5)cc4)cc3)c2)cc1. The smallest absolute Gasteiger partial charge is 0.124 e. The molecule has 8 aromatic carbocycles. The van der Waals surface area contributed by atoms with Crippen molar-refractivity contribution in [3.8, 4) is 44.0 Å². The molecule has 250 valence electrons. The van der Waals surface area contributed by atoms with Crippen LogP contribution in [0.25, 0.3) is 74.3 Å². The van der Waals surface area contributed by atoms with Crippen LogP contribution in [0.15, 0.2) is 194 Å². The topological polar surface area (TPSA) is 16.1 Å². The number of benzene rings is 8. The molecule has 0 amide bonds. The highest BCUT2D eigenvalue weighted by Crippen LogP contribution is 2.44. The summed E-state index contributed by atoms with van der Waals surface area (Å²) < 4.78 is 3.86. The van der Waals surface area contributed by atoms with Crippen LogP contribution < -0.4 is 4.90 Å². The Balaban J connectivity index is 0.992. The van der Waals surface area contributed by atoms with Crippen LogP contribution in [-0.2, 0) is 0 Å². The number of rotatable bonds is 7. The lowest BCUT2D eigenvalue weighted by Crippen LogP contribution is -2.09. The maximum Gasteiger partial charge on any atom is 0.124 e. The minimum Gasteiger partial charge on any atom is -0.311 e. The van der Waals surface area contributed by atoms with Crippen molar-refractivity contribution in [1.82, 2.24) is 4.98 Å². The van der Waals surface area contributed by atoms with E-state index in [1.54, 1.807) is 11.3 Å². The summed E-state index contributed by atoms with van der Waals surface area (Å²) in [7, 11) is 0. The van der Waals surface area contributed by atoms with Crippen LogP contribution in [0.4, 0.5) is 17.1 Å². The second kappa shape index (κ2) is 13.3. The fourth-order valence-corrected chi connectivity index (χ4v) is 9.56. The first kappa shape index (κ1) is 31.4. The second-order valence-corrected chi connectivity index (χ2v) is 15.3. The van der Waals surface area contributed by atoms with Gasteiger partial charge in [0.25, 0.3) is 0 Å². The molecule has 0 fully saturated rings. The molecule has 10 aromatic rings. The molecule has 2 heterocycles. The average molecular weight is 713 g/mol. The van der Waals surface area contributed by atoms with Gasteiger partial charge in [0.15, 0.2) is 0 Å². The number of nitrogens with zero attached hydrogens (tertiary/aromatic N) is 2. The zero-order valence-electron chi connectivity index (χ0n) is 28.7. The summed E-state index contributed by atoms with van der Waals surface area (Å²) in [6, 6.07) is 69.7. The summed E-state index contributed by atoms with van der Waals surface area (Å²) in [4.78, 5) is 7.36. The van der Waals surface area contributed by atoms with Crippen LogP contribution in [0.2, 0.25) is 0 Å². The number of thiophene rings is 1. The van der Waals surface area contributed by atoms with Crippen molar-refractivity contribution in [3.63, 3.8) is 0 Å². The molecule has 10 rings (SSSR count). The van der Waals surface area contributed by atoms with Crippen molar-refractivity contribution in [3.05, 3.63) is 194 Å². The monoisotopic (exact) mass is 712 g/mol. The van der Waals surface area contributed by atoms with Crippen molar-refractivity contribution in [1.29, 1.82) is 0 Å². The van der Waals surface area contributed by atoms with Crippen molar-refractivity contribution in [2.75, 3.05) is 4.90 Å². The van der Waals surface area contributed by atoms with E-state index in [-0.39, 0.29) is 0 Å². The molecule has 0 unspecified atom stereocenters. The van der Waals surface area contributed by atoms with Gasteiger partial charge < -0.3 is 4.90 Å². The molecule has 0 aliphatic heterocycles. The maximum absolute atomic E-state index is 5.03. The van der Waals surface area contributed by atoms with Crippen molar-refractivity contribution in [2.45, 2.75) is 0 Å². The molecule has 2 aromatic heterocycles. The Hall–Kier alpha value is -6.33. The van der Waals surface area contributed by atoms with Crippen LogP contribution in [0.1, 0.15) is 0 Å². The third-order valence-electron chi connectivity index (χ3n) is 9.91. The van der Waals surface area contributed by atoms with Gasteiger partial charge in [-0.1, -0.05) is 127 Å². The van der Waals surface area contributed by atoms with Crippen LogP contribution in [-0.4, -0.2) is 4.98 Å². The summed E-state index contributed by atoms with van der Waals surface area (Å²) in [5.41, 5.74) is 12.8. The number of aromatic nitrogens is 1. The number of anilines is 3. The first-order valence-electron chi connectivity index (χ1n) is 17.8. The molecule has 0 bridgehead atoms. The van der Waals surface area contributed by atoms with Crippen LogP contribution in [0.5, 0.6) is 0 Å². The van der Waals surface area contributed by atoms with E-state index in [2.05, 4.69) is 199 Å². The summed E-state index contributed by atoms with van der Waals surface area (Å²) in [5.74, 6) is 0.